The van der Waals surface area contributed by atoms with Crippen LogP contribution in [0.1, 0.15) is 39.0 Å². The fourth-order valence-corrected chi connectivity index (χ4v) is 3.35. The van der Waals surface area contributed by atoms with Gasteiger partial charge in [0.15, 0.2) is 0 Å². The molecule has 1 saturated carbocycles. The van der Waals surface area contributed by atoms with Gasteiger partial charge in [-0.2, -0.15) is 0 Å². The van der Waals surface area contributed by atoms with Crippen LogP contribution in [0.25, 0.3) is 0 Å². The molecule has 4 nitrogen and oxygen atoms in total. The Bertz CT molecular complexity index is 283. The number of carbonyl (C=O) groups excluding carboxylic acids is 1. The van der Waals surface area contributed by atoms with Crippen molar-refractivity contribution in [2.24, 2.45) is 17.6 Å². The Labute approximate surface area is 110 Å². The van der Waals surface area contributed by atoms with Crippen molar-refractivity contribution in [3.63, 3.8) is 0 Å². The third kappa shape index (κ3) is 3.23. The molecule has 1 aliphatic heterocycles. The van der Waals surface area contributed by atoms with E-state index < -0.39 is 0 Å². The number of amides is 1. The van der Waals surface area contributed by atoms with Crippen molar-refractivity contribution in [2.45, 2.75) is 45.1 Å². The smallest absolute Gasteiger partial charge is 0.222 e. The van der Waals surface area contributed by atoms with Crippen molar-refractivity contribution in [2.75, 3.05) is 26.3 Å². The van der Waals surface area contributed by atoms with E-state index in [-0.39, 0.29) is 5.91 Å². The molecule has 104 valence electrons. The normalized spacial score (nSPS) is 31.4. The molecule has 0 bridgehead atoms. The lowest BCUT2D eigenvalue weighted by atomic mass is 9.78. The summed E-state index contributed by atoms with van der Waals surface area (Å²) in [5.41, 5.74) is 6.16. The van der Waals surface area contributed by atoms with Gasteiger partial charge < -0.3 is 15.4 Å². The number of nitrogens with zero attached hydrogens (tertiary/aromatic N) is 1. The average Bonchev–Trinajstić information content (AvgIpc) is 2.80. The number of rotatable bonds is 5. The van der Waals surface area contributed by atoms with Gasteiger partial charge in [-0.05, 0) is 38.0 Å². The first-order valence-electron chi connectivity index (χ1n) is 7.33. The van der Waals surface area contributed by atoms with Crippen molar-refractivity contribution >= 4 is 5.91 Å². The lowest BCUT2D eigenvalue weighted by Gasteiger charge is -2.29. The van der Waals surface area contributed by atoms with Crippen molar-refractivity contribution in [1.82, 2.24) is 4.90 Å². The Morgan fingerprint density at radius 3 is 2.94 bits per heavy atom. The van der Waals surface area contributed by atoms with Crippen molar-refractivity contribution < 1.29 is 9.53 Å². The number of hydrogen-bond acceptors (Lipinski definition) is 3. The van der Waals surface area contributed by atoms with Crippen LogP contribution in [0, 0.1) is 11.8 Å². The van der Waals surface area contributed by atoms with Crippen LogP contribution in [-0.2, 0) is 9.53 Å². The molecule has 0 aromatic heterocycles. The minimum atomic E-state index is 0.288. The summed E-state index contributed by atoms with van der Waals surface area (Å²) in [5, 5.41) is 0. The molecule has 4 heteroatoms. The molecule has 0 aromatic rings. The van der Waals surface area contributed by atoms with Gasteiger partial charge in [-0.1, -0.05) is 6.42 Å². The highest BCUT2D eigenvalue weighted by Crippen LogP contribution is 2.35. The van der Waals surface area contributed by atoms with E-state index in [0.717, 1.165) is 32.5 Å². The van der Waals surface area contributed by atoms with E-state index in [0.29, 0.717) is 30.9 Å². The maximum absolute atomic E-state index is 12.1. The second kappa shape index (κ2) is 6.53. The lowest BCUT2D eigenvalue weighted by molar-refractivity contribution is -0.130. The first-order chi connectivity index (χ1) is 8.72. The maximum Gasteiger partial charge on any atom is 0.222 e. The molecule has 2 rings (SSSR count). The molecule has 3 unspecified atom stereocenters. The van der Waals surface area contributed by atoms with Crippen LogP contribution in [0.4, 0.5) is 0 Å². The van der Waals surface area contributed by atoms with E-state index in [1.54, 1.807) is 0 Å². The Morgan fingerprint density at radius 1 is 1.39 bits per heavy atom. The van der Waals surface area contributed by atoms with E-state index in [2.05, 4.69) is 0 Å². The monoisotopic (exact) mass is 254 g/mol. The average molecular weight is 254 g/mol. The number of likely N-dealkylation sites (tertiary alicyclic amines) is 1. The Morgan fingerprint density at radius 2 is 2.22 bits per heavy atom. The molecule has 18 heavy (non-hydrogen) atoms. The Kier molecular flexibility index (Phi) is 5.01. The maximum atomic E-state index is 12.1. The van der Waals surface area contributed by atoms with Gasteiger partial charge in [-0.15, -0.1) is 0 Å². The summed E-state index contributed by atoms with van der Waals surface area (Å²) in [6.45, 7) is 5.23. The number of nitrogens with two attached hydrogens (primary N) is 1. The van der Waals surface area contributed by atoms with Crippen molar-refractivity contribution in [3.8, 4) is 0 Å². The molecular formula is C14H26N2O2. The molecule has 2 aliphatic rings. The molecular weight excluding hydrogens is 228 g/mol. The number of fused-ring (bicyclic) bond motifs is 1. The van der Waals surface area contributed by atoms with Crippen LogP contribution in [0.3, 0.4) is 0 Å². The van der Waals surface area contributed by atoms with E-state index in [1.807, 2.05) is 11.8 Å². The minimum Gasteiger partial charge on any atom is -0.382 e. The Balaban J connectivity index is 1.75. The van der Waals surface area contributed by atoms with Gasteiger partial charge in [0.25, 0.3) is 0 Å². The summed E-state index contributed by atoms with van der Waals surface area (Å²) in [7, 11) is 0. The van der Waals surface area contributed by atoms with Crippen LogP contribution in [0.2, 0.25) is 0 Å². The largest absolute Gasteiger partial charge is 0.382 e. The van der Waals surface area contributed by atoms with Gasteiger partial charge in [0.05, 0.1) is 0 Å². The van der Waals surface area contributed by atoms with Crippen LogP contribution >= 0.6 is 0 Å². The van der Waals surface area contributed by atoms with Gasteiger partial charge in [0.2, 0.25) is 5.91 Å². The van der Waals surface area contributed by atoms with E-state index in [4.69, 9.17) is 10.5 Å². The summed E-state index contributed by atoms with van der Waals surface area (Å²) in [6, 6.07) is 0.310. The van der Waals surface area contributed by atoms with Gasteiger partial charge in [0, 0.05) is 38.8 Å². The van der Waals surface area contributed by atoms with Crippen molar-refractivity contribution in [1.29, 1.82) is 0 Å². The standard InChI is InChI=1S/C14H26N2O2/c1-2-18-8-4-7-14(17)16-9-11-5-3-6-13(15)12(11)10-16/h11-13H,2-10,15H2,1H3. The molecule has 1 heterocycles. The molecule has 1 saturated heterocycles. The molecule has 0 spiro atoms. The zero-order chi connectivity index (χ0) is 13.0. The number of hydrogen-bond donors (Lipinski definition) is 1. The first-order valence-corrected chi connectivity index (χ1v) is 7.33. The van der Waals surface area contributed by atoms with Gasteiger partial charge in [-0.25, -0.2) is 0 Å². The minimum absolute atomic E-state index is 0.288. The van der Waals surface area contributed by atoms with Crippen LogP contribution < -0.4 is 5.73 Å². The lowest BCUT2D eigenvalue weighted by Crippen LogP contribution is -2.38. The van der Waals surface area contributed by atoms with Gasteiger partial charge in [0.1, 0.15) is 0 Å². The van der Waals surface area contributed by atoms with E-state index in [9.17, 15) is 4.79 Å². The quantitative estimate of drug-likeness (QED) is 0.754. The van der Waals surface area contributed by atoms with Gasteiger partial charge >= 0.3 is 0 Å². The molecule has 1 amide bonds. The van der Waals surface area contributed by atoms with E-state index in [1.165, 1.54) is 12.8 Å². The second-order valence-electron chi connectivity index (χ2n) is 5.62. The summed E-state index contributed by atoms with van der Waals surface area (Å²) < 4.78 is 5.27. The molecule has 0 radical (unpaired) electrons. The van der Waals surface area contributed by atoms with Crippen molar-refractivity contribution in [3.05, 3.63) is 0 Å². The summed E-state index contributed by atoms with van der Waals surface area (Å²) in [6.07, 6.45) is 5.07. The topological polar surface area (TPSA) is 55.6 Å². The first kappa shape index (κ1) is 13.8. The highest BCUT2D eigenvalue weighted by Gasteiger charge is 2.39. The summed E-state index contributed by atoms with van der Waals surface area (Å²) >= 11 is 0. The third-order valence-electron chi connectivity index (χ3n) is 4.39. The fraction of sp³-hybridized carbons (Fsp3) is 0.929. The number of carbonyl (C=O) groups is 1. The number of ether oxygens (including phenoxy) is 1. The predicted molar refractivity (Wildman–Crippen MR) is 71.1 cm³/mol. The highest BCUT2D eigenvalue weighted by atomic mass is 16.5. The van der Waals surface area contributed by atoms with Crippen LogP contribution in [0.5, 0.6) is 0 Å². The SMILES string of the molecule is CCOCCCC(=O)N1CC2CCCC(N)C2C1. The van der Waals surface area contributed by atoms with Gasteiger partial charge in [-0.3, -0.25) is 4.79 Å². The highest BCUT2D eigenvalue weighted by molar-refractivity contribution is 5.76. The molecule has 3 atom stereocenters. The summed E-state index contributed by atoms with van der Waals surface area (Å²) in [4.78, 5) is 14.1. The second-order valence-corrected chi connectivity index (χ2v) is 5.62. The third-order valence-corrected chi connectivity index (χ3v) is 4.39. The zero-order valence-electron chi connectivity index (χ0n) is 11.4. The van der Waals surface area contributed by atoms with Crippen LogP contribution in [0.15, 0.2) is 0 Å². The molecule has 2 fully saturated rings. The molecule has 1 aliphatic carbocycles. The molecule has 0 aromatic carbocycles. The van der Waals surface area contributed by atoms with E-state index >= 15 is 0 Å². The fourth-order valence-electron chi connectivity index (χ4n) is 3.35. The van der Waals surface area contributed by atoms with Crippen LogP contribution in [-0.4, -0.2) is 43.2 Å². The molecule has 2 N–H and O–H groups in total. The zero-order valence-corrected chi connectivity index (χ0v) is 11.4. The Hall–Kier alpha value is -0.610. The predicted octanol–water partition coefficient (Wildman–Crippen LogP) is 1.39. The summed E-state index contributed by atoms with van der Waals surface area (Å²) in [5.74, 6) is 1.50.